The summed E-state index contributed by atoms with van der Waals surface area (Å²) in [6.07, 6.45) is 5.47. The van der Waals surface area contributed by atoms with Crippen molar-refractivity contribution in [3.8, 4) is 0 Å². The number of benzene rings is 2. The number of amides is 1. The van der Waals surface area contributed by atoms with Gasteiger partial charge >= 0.3 is 0 Å². The molecule has 0 aromatic heterocycles. The molecule has 0 bridgehead atoms. The molecule has 0 aliphatic heterocycles. The molecule has 1 N–H and O–H groups in total. The van der Waals surface area contributed by atoms with Crippen molar-refractivity contribution in [3.05, 3.63) is 60.2 Å². The van der Waals surface area contributed by atoms with Gasteiger partial charge in [0.15, 0.2) is 0 Å². The molecule has 0 spiro atoms. The third kappa shape index (κ3) is 4.96. The predicted molar refractivity (Wildman–Crippen MR) is 107 cm³/mol. The first kappa shape index (κ1) is 19.6. The molecule has 2 aromatic rings. The van der Waals surface area contributed by atoms with Crippen LogP contribution in [0.5, 0.6) is 0 Å². The zero-order valence-electron chi connectivity index (χ0n) is 15.6. The standard InChI is InChI=1S/C21H26N2O3S/c1-23(19-10-6-3-7-11-19)27(25,26)20-14-12-18(13-15-20)22-21(24)16-17-8-4-2-5-9-17/h2,4-5,8-9,12-15,19H,3,6-7,10-11,16H2,1H3,(H,22,24). The van der Waals surface area contributed by atoms with Crippen molar-refractivity contribution in [1.82, 2.24) is 4.31 Å². The van der Waals surface area contributed by atoms with Gasteiger partial charge in [-0.05, 0) is 42.7 Å². The number of sulfonamides is 1. The average molecular weight is 387 g/mol. The van der Waals surface area contributed by atoms with Crippen LogP contribution in [-0.2, 0) is 21.2 Å². The van der Waals surface area contributed by atoms with Crippen molar-refractivity contribution in [1.29, 1.82) is 0 Å². The molecule has 1 aliphatic rings. The topological polar surface area (TPSA) is 66.5 Å². The third-order valence-corrected chi connectivity index (χ3v) is 7.04. The van der Waals surface area contributed by atoms with Crippen LogP contribution < -0.4 is 5.32 Å². The third-order valence-electron chi connectivity index (χ3n) is 5.11. The van der Waals surface area contributed by atoms with Gasteiger partial charge in [0, 0.05) is 18.8 Å². The van der Waals surface area contributed by atoms with E-state index in [1.807, 2.05) is 30.3 Å². The average Bonchev–Trinajstić information content (AvgIpc) is 2.69. The van der Waals surface area contributed by atoms with E-state index in [1.165, 1.54) is 10.7 Å². The second-order valence-corrected chi connectivity index (χ2v) is 9.05. The van der Waals surface area contributed by atoms with E-state index in [0.29, 0.717) is 5.69 Å². The highest BCUT2D eigenvalue weighted by Crippen LogP contribution is 2.27. The van der Waals surface area contributed by atoms with Gasteiger partial charge in [0.25, 0.3) is 0 Å². The number of carbonyl (C=O) groups excluding carboxylic acids is 1. The van der Waals surface area contributed by atoms with Crippen molar-refractivity contribution in [2.75, 3.05) is 12.4 Å². The van der Waals surface area contributed by atoms with Crippen LogP contribution in [0.25, 0.3) is 0 Å². The molecule has 6 heteroatoms. The van der Waals surface area contributed by atoms with E-state index in [9.17, 15) is 13.2 Å². The second kappa shape index (κ2) is 8.67. The molecule has 0 saturated heterocycles. The van der Waals surface area contributed by atoms with Gasteiger partial charge in [0.2, 0.25) is 15.9 Å². The molecule has 1 saturated carbocycles. The molecule has 0 radical (unpaired) electrons. The van der Waals surface area contributed by atoms with E-state index in [0.717, 1.165) is 31.2 Å². The lowest BCUT2D eigenvalue weighted by Gasteiger charge is -2.30. The van der Waals surface area contributed by atoms with Crippen molar-refractivity contribution in [2.45, 2.75) is 49.5 Å². The molecule has 27 heavy (non-hydrogen) atoms. The van der Waals surface area contributed by atoms with E-state index < -0.39 is 10.0 Å². The van der Waals surface area contributed by atoms with E-state index in [2.05, 4.69) is 5.32 Å². The minimum atomic E-state index is -3.51. The Kier molecular flexibility index (Phi) is 6.29. The molecule has 0 heterocycles. The Bertz CT molecular complexity index is 858. The lowest BCUT2D eigenvalue weighted by Crippen LogP contribution is -2.38. The molecule has 0 unspecified atom stereocenters. The first-order chi connectivity index (χ1) is 13.0. The summed E-state index contributed by atoms with van der Waals surface area (Å²) < 4.78 is 27.2. The van der Waals surface area contributed by atoms with Crippen LogP contribution in [0.2, 0.25) is 0 Å². The lowest BCUT2D eigenvalue weighted by atomic mass is 9.96. The Morgan fingerprint density at radius 2 is 1.63 bits per heavy atom. The van der Waals surface area contributed by atoms with Gasteiger partial charge in [-0.1, -0.05) is 49.6 Å². The maximum atomic E-state index is 12.8. The summed E-state index contributed by atoms with van der Waals surface area (Å²) in [5.41, 5.74) is 1.53. The van der Waals surface area contributed by atoms with Crippen molar-refractivity contribution < 1.29 is 13.2 Å². The molecule has 1 amide bonds. The van der Waals surface area contributed by atoms with Crippen LogP contribution in [0.3, 0.4) is 0 Å². The molecule has 1 aliphatic carbocycles. The number of carbonyl (C=O) groups is 1. The highest BCUT2D eigenvalue weighted by molar-refractivity contribution is 7.89. The maximum Gasteiger partial charge on any atom is 0.243 e. The molecule has 2 aromatic carbocycles. The summed E-state index contributed by atoms with van der Waals surface area (Å²) in [6.45, 7) is 0. The minimum Gasteiger partial charge on any atom is -0.326 e. The van der Waals surface area contributed by atoms with Crippen molar-refractivity contribution in [3.63, 3.8) is 0 Å². The SMILES string of the molecule is CN(C1CCCCC1)S(=O)(=O)c1ccc(NC(=O)Cc2ccccc2)cc1. The Hall–Kier alpha value is -2.18. The fourth-order valence-corrected chi connectivity index (χ4v) is 4.92. The van der Waals surface area contributed by atoms with Crippen LogP contribution in [0.4, 0.5) is 5.69 Å². The summed E-state index contributed by atoms with van der Waals surface area (Å²) in [5.74, 6) is -0.129. The quantitative estimate of drug-likeness (QED) is 0.821. The van der Waals surface area contributed by atoms with Crippen molar-refractivity contribution in [2.24, 2.45) is 0 Å². The fraction of sp³-hybridized carbons (Fsp3) is 0.381. The number of nitrogens with zero attached hydrogens (tertiary/aromatic N) is 1. The zero-order valence-corrected chi connectivity index (χ0v) is 16.4. The smallest absolute Gasteiger partial charge is 0.243 e. The van der Waals surface area contributed by atoms with E-state index in [4.69, 9.17) is 0 Å². The van der Waals surface area contributed by atoms with Gasteiger partial charge < -0.3 is 5.32 Å². The van der Waals surface area contributed by atoms with E-state index >= 15 is 0 Å². The highest BCUT2D eigenvalue weighted by Gasteiger charge is 2.28. The van der Waals surface area contributed by atoms with Crippen molar-refractivity contribution >= 4 is 21.6 Å². The first-order valence-electron chi connectivity index (χ1n) is 9.39. The second-order valence-electron chi connectivity index (χ2n) is 7.05. The van der Waals surface area contributed by atoms with Gasteiger partial charge in [0.1, 0.15) is 0 Å². The largest absolute Gasteiger partial charge is 0.326 e. The number of hydrogen-bond donors (Lipinski definition) is 1. The summed E-state index contributed by atoms with van der Waals surface area (Å²) in [7, 11) is -1.84. The fourth-order valence-electron chi connectivity index (χ4n) is 3.50. The Morgan fingerprint density at radius 1 is 1.00 bits per heavy atom. The van der Waals surface area contributed by atoms with Crippen LogP contribution >= 0.6 is 0 Å². The van der Waals surface area contributed by atoms with Crippen LogP contribution in [-0.4, -0.2) is 31.7 Å². The van der Waals surface area contributed by atoms with Gasteiger partial charge in [-0.15, -0.1) is 0 Å². The van der Waals surface area contributed by atoms with Crippen LogP contribution in [0.15, 0.2) is 59.5 Å². The minimum absolute atomic E-state index is 0.0778. The summed E-state index contributed by atoms with van der Waals surface area (Å²) in [6, 6.07) is 16.0. The van der Waals surface area contributed by atoms with Gasteiger partial charge in [-0.2, -0.15) is 4.31 Å². The molecule has 5 nitrogen and oxygen atoms in total. The number of nitrogens with one attached hydrogen (secondary N) is 1. The Morgan fingerprint density at radius 3 is 2.26 bits per heavy atom. The Balaban J connectivity index is 1.64. The highest BCUT2D eigenvalue weighted by atomic mass is 32.2. The van der Waals surface area contributed by atoms with Crippen LogP contribution in [0, 0.1) is 0 Å². The molecular weight excluding hydrogens is 360 g/mol. The van der Waals surface area contributed by atoms with Gasteiger partial charge in [-0.3, -0.25) is 4.79 Å². The monoisotopic (exact) mass is 386 g/mol. The predicted octanol–water partition coefficient (Wildman–Crippen LogP) is 3.82. The van der Waals surface area contributed by atoms with E-state index in [1.54, 1.807) is 31.3 Å². The van der Waals surface area contributed by atoms with E-state index in [-0.39, 0.29) is 23.3 Å². The van der Waals surface area contributed by atoms with Crippen LogP contribution in [0.1, 0.15) is 37.7 Å². The molecule has 144 valence electrons. The summed E-state index contributed by atoms with van der Waals surface area (Å²) in [5, 5.41) is 2.81. The number of hydrogen-bond acceptors (Lipinski definition) is 3. The summed E-state index contributed by atoms with van der Waals surface area (Å²) in [4.78, 5) is 12.4. The number of rotatable bonds is 6. The van der Waals surface area contributed by atoms with Gasteiger partial charge in [-0.25, -0.2) is 8.42 Å². The maximum absolute atomic E-state index is 12.8. The molecule has 3 rings (SSSR count). The lowest BCUT2D eigenvalue weighted by molar-refractivity contribution is -0.115. The van der Waals surface area contributed by atoms with Gasteiger partial charge in [0.05, 0.1) is 11.3 Å². The summed E-state index contributed by atoms with van der Waals surface area (Å²) >= 11 is 0. The first-order valence-corrected chi connectivity index (χ1v) is 10.8. The Labute approximate surface area is 161 Å². The molecule has 0 atom stereocenters. The molecule has 1 fully saturated rings. The zero-order chi connectivity index (χ0) is 19.3. The molecular formula is C21H26N2O3S. The normalized spacial score (nSPS) is 15.6. The number of anilines is 1.